The van der Waals surface area contributed by atoms with Crippen molar-refractivity contribution in [1.29, 1.82) is 0 Å². The van der Waals surface area contributed by atoms with Gasteiger partial charge in [0.2, 0.25) is 11.8 Å². The first kappa shape index (κ1) is 26.9. The van der Waals surface area contributed by atoms with E-state index >= 15 is 0 Å². The van der Waals surface area contributed by atoms with Crippen molar-refractivity contribution in [3.63, 3.8) is 0 Å². The molecule has 0 saturated carbocycles. The molecule has 4 aromatic rings. The minimum Gasteiger partial charge on any atom is -0.465 e. The Kier molecular flexibility index (Phi) is 8.11. The lowest BCUT2D eigenvalue weighted by Crippen LogP contribution is -2.46. The average molecular weight is 546 g/mol. The maximum atomic E-state index is 14.0. The van der Waals surface area contributed by atoms with Crippen molar-refractivity contribution < 1.29 is 28.2 Å². The van der Waals surface area contributed by atoms with Crippen molar-refractivity contribution in [3.05, 3.63) is 89.7 Å². The Morgan fingerprint density at radius 2 is 1.85 bits per heavy atom. The van der Waals surface area contributed by atoms with E-state index in [0.717, 1.165) is 12.8 Å². The molecule has 40 heavy (non-hydrogen) atoms. The minimum atomic E-state index is -1.15. The first-order valence-electron chi connectivity index (χ1n) is 12.9. The quantitative estimate of drug-likeness (QED) is 0.321. The molecule has 1 aliphatic heterocycles. The highest BCUT2D eigenvalue weighted by Crippen LogP contribution is 2.30. The number of aromatic nitrogens is 3. The Labute approximate surface area is 229 Å². The number of methoxy groups -OCH3 is 1. The normalized spacial score (nSPS) is 15.5. The fraction of sp³-hybridized carbons (Fsp3) is 0.276. The molecule has 2 atom stereocenters. The maximum Gasteiger partial charge on any atom is 0.337 e. The maximum absolute atomic E-state index is 14.0. The van der Waals surface area contributed by atoms with E-state index in [1.54, 1.807) is 24.3 Å². The Bertz CT molecular complexity index is 1500. The van der Waals surface area contributed by atoms with Gasteiger partial charge in [-0.05, 0) is 66.9 Å². The van der Waals surface area contributed by atoms with Crippen LogP contribution in [0.25, 0.3) is 11.0 Å². The summed E-state index contributed by atoms with van der Waals surface area (Å²) in [6.07, 6.45) is 1.60. The number of carbonyl (C=O) groups is 3. The number of hydrogen-bond donors (Lipinski definition) is 1. The highest BCUT2D eigenvalue weighted by molar-refractivity contribution is 6.01. The second-order valence-electron chi connectivity index (χ2n) is 9.37. The molecule has 0 bridgehead atoms. The van der Waals surface area contributed by atoms with Crippen LogP contribution in [0.5, 0.6) is 0 Å². The monoisotopic (exact) mass is 545 g/mol. The molecule has 5 rings (SSSR count). The predicted octanol–water partition coefficient (Wildman–Crippen LogP) is 3.43. The Morgan fingerprint density at radius 1 is 1.10 bits per heavy atom. The largest absolute Gasteiger partial charge is 0.465 e. The predicted molar refractivity (Wildman–Crippen MR) is 144 cm³/mol. The molecule has 3 aromatic carbocycles. The average Bonchev–Trinajstić information content (AvgIpc) is 3.65. The number of rotatable bonds is 9. The molecule has 0 aliphatic carbocycles. The van der Waals surface area contributed by atoms with Gasteiger partial charge in [-0.3, -0.25) is 14.5 Å². The molecule has 2 heterocycles. The number of anilines is 1. The van der Waals surface area contributed by atoms with Gasteiger partial charge in [-0.25, -0.2) is 13.9 Å². The second kappa shape index (κ2) is 12.0. The molecular formula is C29H28FN5O5. The van der Waals surface area contributed by atoms with Gasteiger partial charge in [-0.2, -0.15) is 0 Å². The van der Waals surface area contributed by atoms with Crippen LogP contribution in [0.1, 0.15) is 34.8 Å². The van der Waals surface area contributed by atoms with Crippen LogP contribution in [-0.2, 0) is 25.6 Å². The summed E-state index contributed by atoms with van der Waals surface area (Å²) in [6.45, 7) is 0.674. The number of esters is 1. The number of benzene rings is 3. The van der Waals surface area contributed by atoms with E-state index in [2.05, 4.69) is 15.6 Å². The molecule has 1 saturated heterocycles. The first-order valence-corrected chi connectivity index (χ1v) is 12.9. The third-order valence-electron chi connectivity index (χ3n) is 6.76. The van der Waals surface area contributed by atoms with Gasteiger partial charge in [0, 0.05) is 18.8 Å². The van der Waals surface area contributed by atoms with Crippen LogP contribution < -0.4 is 10.2 Å². The number of amides is 2. The third-order valence-corrected chi connectivity index (χ3v) is 6.76. The molecule has 10 nitrogen and oxygen atoms in total. The number of fused-ring (bicyclic) bond motifs is 1. The number of nitrogens with zero attached hydrogens (tertiary/aromatic N) is 4. The van der Waals surface area contributed by atoms with Gasteiger partial charge < -0.3 is 14.8 Å². The zero-order chi connectivity index (χ0) is 28.1. The smallest absolute Gasteiger partial charge is 0.337 e. The molecule has 1 N–H and O–H groups in total. The molecule has 11 heteroatoms. The van der Waals surface area contributed by atoms with Crippen LogP contribution in [0, 0.1) is 5.82 Å². The highest BCUT2D eigenvalue weighted by atomic mass is 19.1. The fourth-order valence-electron chi connectivity index (χ4n) is 4.73. The van der Waals surface area contributed by atoms with Crippen LogP contribution >= 0.6 is 0 Å². The summed E-state index contributed by atoms with van der Waals surface area (Å²) in [7, 11) is 1.28. The number of ether oxygens (including phenoxy) is 2. The summed E-state index contributed by atoms with van der Waals surface area (Å²) in [5.41, 5.74) is 2.31. The van der Waals surface area contributed by atoms with Crippen LogP contribution in [0.2, 0.25) is 0 Å². The number of nitrogens with one attached hydrogen (secondary N) is 1. The molecule has 1 aliphatic rings. The lowest BCUT2D eigenvalue weighted by Gasteiger charge is -2.32. The van der Waals surface area contributed by atoms with Crippen molar-refractivity contribution in [1.82, 2.24) is 20.3 Å². The summed E-state index contributed by atoms with van der Waals surface area (Å²) in [4.78, 5) is 41.2. The molecular weight excluding hydrogens is 517 g/mol. The summed E-state index contributed by atoms with van der Waals surface area (Å²) < 4.78 is 25.8. The van der Waals surface area contributed by atoms with Crippen molar-refractivity contribution in [3.8, 4) is 0 Å². The Hall–Kier alpha value is -4.64. The van der Waals surface area contributed by atoms with Crippen LogP contribution in [0.3, 0.4) is 0 Å². The van der Waals surface area contributed by atoms with Gasteiger partial charge in [-0.1, -0.05) is 29.5 Å². The van der Waals surface area contributed by atoms with E-state index in [4.69, 9.17) is 9.47 Å². The zero-order valence-electron chi connectivity index (χ0n) is 21.8. The van der Waals surface area contributed by atoms with Gasteiger partial charge in [0.15, 0.2) is 0 Å². The van der Waals surface area contributed by atoms with Crippen molar-refractivity contribution in [2.45, 2.75) is 31.5 Å². The topological polar surface area (TPSA) is 116 Å². The fourth-order valence-corrected chi connectivity index (χ4v) is 4.73. The van der Waals surface area contributed by atoms with Gasteiger partial charge in [0.05, 0.1) is 24.3 Å². The van der Waals surface area contributed by atoms with E-state index in [9.17, 15) is 18.8 Å². The molecule has 1 fully saturated rings. The van der Waals surface area contributed by atoms with Crippen LogP contribution in [0.15, 0.2) is 72.8 Å². The third kappa shape index (κ3) is 5.84. The van der Waals surface area contributed by atoms with Gasteiger partial charge >= 0.3 is 5.97 Å². The number of carbonyl (C=O) groups excluding carboxylic acids is 3. The molecule has 2 amide bonds. The summed E-state index contributed by atoms with van der Waals surface area (Å²) in [5.74, 6) is -1.95. The molecule has 0 radical (unpaired) electrons. The van der Waals surface area contributed by atoms with Crippen molar-refractivity contribution in [2.24, 2.45) is 0 Å². The number of halogens is 1. The standard InChI is InChI=1S/C29H28FN5O5/c1-39-29(38)20-10-8-19(9-11-20)27(28(37)31-17-23-5-4-16-40-23)35(22-14-12-21(30)13-15-22)26(36)18-34-25-7-3-2-6-24(25)32-33-34/h2-3,6-15,23,27H,4-5,16-18H2,1H3,(H,31,37)/t23-,27-/m0/s1. The lowest BCUT2D eigenvalue weighted by atomic mass is 10.0. The summed E-state index contributed by atoms with van der Waals surface area (Å²) in [5, 5.41) is 11.2. The van der Waals surface area contributed by atoms with E-state index in [-0.39, 0.29) is 19.2 Å². The highest BCUT2D eigenvalue weighted by Gasteiger charge is 2.34. The minimum absolute atomic E-state index is 0.122. The van der Waals surface area contributed by atoms with Gasteiger partial charge in [-0.15, -0.1) is 5.10 Å². The number of para-hydroxylation sites is 1. The zero-order valence-corrected chi connectivity index (χ0v) is 21.8. The van der Waals surface area contributed by atoms with Crippen LogP contribution in [-0.4, -0.2) is 59.1 Å². The summed E-state index contributed by atoms with van der Waals surface area (Å²) >= 11 is 0. The van der Waals surface area contributed by atoms with Gasteiger partial charge in [0.25, 0.3) is 0 Å². The first-order chi connectivity index (χ1) is 19.4. The molecule has 1 aromatic heterocycles. The van der Waals surface area contributed by atoms with Gasteiger partial charge in [0.1, 0.15) is 23.9 Å². The molecule has 206 valence electrons. The Balaban J connectivity index is 1.54. The number of hydrogen-bond acceptors (Lipinski definition) is 7. The molecule has 0 unspecified atom stereocenters. The van der Waals surface area contributed by atoms with E-state index in [0.29, 0.717) is 34.5 Å². The van der Waals surface area contributed by atoms with Crippen molar-refractivity contribution in [2.75, 3.05) is 25.2 Å². The SMILES string of the molecule is COC(=O)c1ccc([C@@H](C(=O)NC[C@@H]2CCCO2)N(C(=O)Cn2nnc3ccccc32)c2ccc(F)cc2)cc1. The summed E-state index contributed by atoms with van der Waals surface area (Å²) in [6, 6.07) is 17.6. The molecule has 0 spiro atoms. The lowest BCUT2D eigenvalue weighted by molar-refractivity contribution is -0.127. The van der Waals surface area contributed by atoms with Crippen molar-refractivity contribution >= 4 is 34.5 Å². The Morgan fingerprint density at radius 3 is 2.55 bits per heavy atom. The second-order valence-corrected chi connectivity index (χ2v) is 9.37. The van der Waals surface area contributed by atoms with E-state index in [1.807, 2.05) is 12.1 Å². The van der Waals surface area contributed by atoms with E-state index < -0.39 is 29.6 Å². The van der Waals surface area contributed by atoms with Crippen LogP contribution in [0.4, 0.5) is 10.1 Å². The van der Waals surface area contributed by atoms with E-state index in [1.165, 1.54) is 53.1 Å².